The summed E-state index contributed by atoms with van der Waals surface area (Å²) < 4.78 is 40.8. The third-order valence-corrected chi connectivity index (χ3v) is 5.67. The number of esters is 1. The van der Waals surface area contributed by atoms with Crippen molar-refractivity contribution in [3.8, 4) is 5.69 Å². The molecule has 7 nitrogen and oxygen atoms in total. The third kappa shape index (κ3) is 3.25. The maximum Gasteiger partial charge on any atom is 0.340 e. The lowest BCUT2D eigenvalue weighted by molar-refractivity contribution is 0.0603. The number of morpholine rings is 1. The zero-order chi connectivity index (χ0) is 22.4. The van der Waals surface area contributed by atoms with Gasteiger partial charge in [-0.1, -0.05) is 0 Å². The molecule has 1 saturated heterocycles. The first-order valence-corrected chi connectivity index (χ1v) is 10.2. The molecular formula is C23H20F2N4O3. The number of hydrogen-bond donors (Lipinski definition) is 0. The Morgan fingerprint density at radius 1 is 1.16 bits per heavy atom. The topological polar surface area (TPSA) is 69.5 Å². The molecule has 0 N–H and O–H groups in total. The number of anilines is 1. The average molecular weight is 438 g/mol. The van der Waals surface area contributed by atoms with E-state index in [0.717, 1.165) is 11.8 Å². The van der Waals surface area contributed by atoms with Gasteiger partial charge in [0.05, 0.1) is 48.0 Å². The van der Waals surface area contributed by atoms with Crippen LogP contribution >= 0.6 is 0 Å². The molecule has 1 aliphatic rings. The predicted octanol–water partition coefficient (Wildman–Crippen LogP) is 3.78. The lowest BCUT2D eigenvalue weighted by atomic mass is 10.1. The number of ether oxygens (including phenoxy) is 2. The van der Waals surface area contributed by atoms with Gasteiger partial charge in [-0.05, 0) is 25.1 Å². The fourth-order valence-corrected chi connectivity index (χ4v) is 4.23. The van der Waals surface area contributed by atoms with Crippen LogP contribution < -0.4 is 4.90 Å². The van der Waals surface area contributed by atoms with E-state index in [1.54, 1.807) is 23.6 Å². The molecule has 2 aromatic carbocycles. The largest absolute Gasteiger partial charge is 0.465 e. The van der Waals surface area contributed by atoms with Gasteiger partial charge in [0, 0.05) is 37.1 Å². The molecule has 0 aliphatic carbocycles. The highest BCUT2D eigenvalue weighted by Crippen LogP contribution is 2.33. The summed E-state index contributed by atoms with van der Waals surface area (Å²) in [5.41, 5.74) is 2.84. The number of methoxy groups -OCH3 is 1. The Kier molecular flexibility index (Phi) is 4.97. The second kappa shape index (κ2) is 7.83. The van der Waals surface area contributed by atoms with Crippen molar-refractivity contribution in [1.82, 2.24) is 14.5 Å². The van der Waals surface area contributed by atoms with Crippen molar-refractivity contribution in [3.63, 3.8) is 0 Å². The van der Waals surface area contributed by atoms with E-state index in [0.29, 0.717) is 54.4 Å². The van der Waals surface area contributed by atoms with Crippen molar-refractivity contribution in [2.45, 2.75) is 6.92 Å². The summed E-state index contributed by atoms with van der Waals surface area (Å²) in [6.45, 7) is 4.27. The van der Waals surface area contributed by atoms with Crippen LogP contribution in [-0.2, 0) is 9.47 Å². The van der Waals surface area contributed by atoms with Crippen LogP contribution in [0.25, 0.3) is 27.6 Å². The molecule has 1 fully saturated rings. The molecule has 2 aromatic heterocycles. The number of aryl methyl sites for hydroxylation is 1. The van der Waals surface area contributed by atoms with Crippen molar-refractivity contribution in [2.75, 3.05) is 38.3 Å². The lowest BCUT2D eigenvalue weighted by Gasteiger charge is -2.29. The highest BCUT2D eigenvalue weighted by Gasteiger charge is 2.23. The Hall–Kier alpha value is -3.59. The highest BCUT2D eigenvalue weighted by molar-refractivity contribution is 6.05. The van der Waals surface area contributed by atoms with Crippen LogP contribution in [-0.4, -0.2) is 53.9 Å². The van der Waals surface area contributed by atoms with Gasteiger partial charge in [0.25, 0.3) is 0 Å². The summed E-state index contributed by atoms with van der Waals surface area (Å²) >= 11 is 0. The first kappa shape index (κ1) is 20.3. The van der Waals surface area contributed by atoms with Crippen molar-refractivity contribution >= 4 is 33.6 Å². The predicted molar refractivity (Wildman–Crippen MR) is 115 cm³/mol. The first-order chi connectivity index (χ1) is 15.5. The molecule has 0 saturated carbocycles. The third-order valence-electron chi connectivity index (χ3n) is 5.67. The molecule has 0 spiro atoms. The number of halogens is 2. The standard InChI is InChI=1S/C23H20F2N4O3/c1-13-27-22-16(23(30)31-2)11-15(28-5-7-32-8-6-28)12-20(22)29(13)19-3-4-26-18-10-14(24)9-17(25)21(18)19/h3-4,9-12H,5-8H2,1-2H3. The molecule has 0 atom stereocenters. The van der Waals surface area contributed by atoms with E-state index in [-0.39, 0.29) is 10.9 Å². The highest BCUT2D eigenvalue weighted by atomic mass is 19.1. The first-order valence-electron chi connectivity index (χ1n) is 10.2. The number of pyridine rings is 1. The van der Waals surface area contributed by atoms with Crippen molar-refractivity contribution in [2.24, 2.45) is 0 Å². The van der Waals surface area contributed by atoms with Crippen molar-refractivity contribution < 1.29 is 23.0 Å². The summed E-state index contributed by atoms with van der Waals surface area (Å²) in [5.74, 6) is -1.39. The molecule has 0 amide bonds. The number of hydrogen-bond acceptors (Lipinski definition) is 6. The number of carbonyl (C=O) groups is 1. The maximum absolute atomic E-state index is 14.9. The average Bonchev–Trinajstić information content (AvgIpc) is 3.13. The van der Waals surface area contributed by atoms with E-state index in [1.807, 2.05) is 6.07 Å². The minimum Gasteiger partial charge on any atom is -0.465 e. The van der Waals surface area contributed by atoms with E-state index in [1.165, 1.54) is 19.4 Å². The number of imidazole rings is 1. The Morgan fingerprint density at radius 2 is 1.94 bits per heavy atom. The van der Waals surface area contributed by atoms with Crippen molar-refractivity contribution in [1.29, 1.82) is 0 Å². The molecule has 0 radical (unpaired) electrons. The Bertz CT molecular complexity index is 1360. The van der Waals surface area contributed by atoms with Gasteiger partial charge >= 0.3 is 5.97 Å². The van der Waals surface area contributed by atoms with Crippen LogP contribution in [0.4, 0.5) is 14.5 Å². The number of fused-ring (bicyclic) bond motifs is 2. The molecule has 0 unspecified atom stereocenters. The molecule has 5 rings (SSSR count). The smallest absolute Gasteiger partial charge is 0.340 e. The molecule has 0 bridgehead atoms. The molecule has 9 heteroatoms. The number of benzene rings is 2. The zero-order valence-electron chi connectivity index (χ0n) is 17.6. The van der Waals surface area contributed by atoms with Crippen LogP contribution in [0, 0.1) is 18.6 Å². The number of rotatable bonds is 3. The minimum atomic E-state index is -0.720. The lowest BCUT2D eigenvalue weighted by Crippen LogP contribution is -2.36. The number of carbonyl (C=O) groups excluding carboxylic acids is 1. The van der Waals surface area contributed by atoms with Gasteiger partial charge in [0.1, 0.15) is 23.0 Å². The van der Waals surface area contributed by atoms with Crippen LogP contribution in [0.5, 0.6) is 0 Å². The van der Waals surface area contributed by atoms with Crippen molar-refractivity contribution in [3.05, 3.63) is 59.6 Å². The van der Waals surface area contributed by atoms with Crippen LogP contribution in [0.1, 0.15) is 16.2 Å². The van der Waals surface area contributed by atoms with Gasteiger partial charge in [0.2, 0.25) is 0 Å². The Balaban J connectivity index is 1.82. The second-order valence-corrected chi connectivity index (χ2v) is 7.56. The van der Waals surface area contributed by atoms with E-state index in [9.17, 15) is 13.6 Å². The normalized spacial score (nSPS) is 14.3. The fraction of sp³-hybridized carbons (Fsp3) is 0.261. The zero-order valence-corrected chi connectivity index (χ0v) is 17.6. The number of aromatic nitrogens is 3. The van der Waals surface area contributed by atoms with Crippen LogP contribution in [0.3, 0.4) is 0 Å². The SMILES string of the molecule is COC(=O)c1cc(N2CCOCC2)cc2c1nc(C)n2-c1ccnc2cc(F)cc(F)c12. The molecule has 4 aromatic rings. The summed E-state index contributed by atoms with van der Waals surface area (Å²) in [4.78, 5) is 23.4. The maximum atomic E-state index is 14.9. The Morgan fingerprint density at radius 3 is 2.69 bits per heavy atom. The van der Waals surface area contributed by atoms with Crippen LogP contribution in [0.2, 0.25) is 0 Å². The van der Waals surface area contributed by atoms with Gasteiger partial charge in [-0.15, -0.1) is 0 Å². The molecular weight excluding hydrogens is 418 g/mol. The van der Waals surface area contributed by atoms with E-state index < -0.39 is 17.6 Å². The second-order valence-electron chi connectivity index (χ2n) is 7.56. The van der Waals surface area contributed by atoms with Gasteiger partial charge in [0.15, 0.2) is 0 Å². The molecule has 32 heavy (non-hydrogen) atoms. The molecule has 1 aliphatic heterocycles. The van der Waals surface area contributed by atoms with Gasteiger partial charge < -0.3 is 14.4 Å². The van der Waals surface area contributed by atoms with Gasteiger partial charge in [-0.3, -0.25) is 9.55 Å². The van der Waals surface area contributed by atoms with Gasteiger partial charge in [-0.25, -0.2) is 18.6 Å². The monoisotopic (exact) mass is 438 g/mol. The fourth-order valence-electron chi connectivity index (χ4n) is 4.23. The molecule has 3 heterocycles. The minimum absolute atomic E-state index is 0.174. The summed E-state index contributed by atoms with van der Waals surface area (Å²) in [7, 11) is 1.32. The van der Waals surface area contributed by atoms with Crippen LogP contribution in [0.15, 0.2) is 36.5 Å². The van der Waals surface area contributed by atoms with E-state index in [2.05, 4.69) is 14.9 Å². The summed E-state index contributed by atoms with van der Waals surface area (Å²) in [5, 5.41) is 0.174. The molecule has 164 valence electrons. The van der Waals surface area contributed by atoms with Gasteiger partial charge in [-0.2, -0.15) is 0 Å². The number of nitrogens with zero attached hydrogens (tertiary/aromatic N) is 4. The Labute approximate surface area is 182 Å². The summed E-state index contributed by atoms with van der Waals surface area (Å²) in [6.07, 6.45) is 1.49. The van der Waals surface area contributed by atoms with E-state index >= 15 is 0 Å². The van der Waals surface area contributed by atoms with E-state index in [4.69, 9.17) is 9.47 Å². The summed E-state index contributed by atoms with van der Waals surface area (Å²) in [6, 6.07) is 7.35. The quantitative estimate of drug-likeness (QED) is 0.454.